The number of aromatic nitrogens is 2. The van der Waals surface area contributed by atoms with Gasteiger partial charge < -0.3 is 10.1 Å². The summed E-state index contributed by atoms with van der Waals surface area (Å²) in [5.74, 6) is 0.368. The van der Waals surface area contributed by atoms with Crippen molar-refractivity contribution in [1.82, 2.24) is 14.5 Å². The predicted molar refractivity (Wildman–Crippen MR) is 188 cm³/mol. The Hall–Kier alpha value is -4.73. The van der Waals surface area contributed by atoms with E-state index in [1.807, 2.05) is 97.9 Å². The van der Waals surface area contributed by atoms with E-state index in [1.165, 1.54) is 22.3 Å². The Morgan fingerprint density at radius 3 is 1.94 bits per heavy atom. The molecule has 1 aromatic heterocycles. The zero-order chi connectivity index (χ0) is 32.7. The molecular weight excluding hydrogens is 619 g/mol. The molecule has 9 heteroatoms. The lowest BCUT2D eigenvalue weighted by Crippen LogP contribution is -2.48. The summed E-state index contributed by atoms with van der Waals surface area (Å²) >= 11 is 0. The van der Waals surface area contributed by atoms with Crippen LogP contribution < -0.4 is 14.8 Å². The summed E-state index contributed by atoms with van der Waals surface area (Å²) in [5.41, 5.74) is 7.20. The Bertz CT molecular complexity index is 1980. The van der Waals surface area contributed by atoms with E-state index in [0.717, 1.165) is 67.3 Å². The molecule has 4 aromatic carbocycles. The molecule has 8 nitrogen and oxygen atoms in total. The highest BCUT2D eigenvalue weighted by Gasteiger charge is 2.42. The average Bonchev–Trinajstić information content (AvgIpc) is 3.89. The number of benzene rings is 4. The Labute approximate surface area is 281 Å². The summed E-state index contributed by atoms with van der Waals surface area (Å²) in [6.45, 7) is 2.60. The van der Waals surface area contributed by atoms with E-state index >= 15 is 4.21 Å². The molecule has 8 rings (SSSR count). The van der Waals surface area contributed by atoms with E-state index in [1.54, 1.807) is 10.9 Å². The maximum absolute atomic E-state index is 16.0. The fourth-order valence-corrected chi connectivity index (χ4v) is 9.55. The molecule has 0 spiro atoms. The molecular formula is C39H39N5O3S. The molecule has 0 fully saturated rings. The van der Waals surface area contributed by atoms with E-state index < -0.39 is 21.5 Å². The van der Waals surface area contributed by atoms with Crippen LogP contribution in [0, 0.1) is 0 Å². The van der Waals surface area contributed by atoms with Gasteiger partial charge in [0.2, 0.25) is 5.88 Å². The van der Waals surface area contributed by atoms with Gasteiger partial charge in [0.25, 0.3) is 0 Å². The van der Waals surface area contributed by atoms with Gasteiger partial charge in [-0.3, -0.25) is 0 Å². The second kappa shape index (κ2) is 12.4. The lowest BCUT2D eigenvalue weighted by atomic mass is 9.78. The monoisotopic (exact) mass is 657 g/mol. The first-order chi connectivity index (χ1) is 23.4. The van der Waals surface area contributed by atoms with Gasteiger partial charge in [-0.25, -0.2) is 18.4 Å². The average molecular weight is 658 g/mol. The van der Waals surface area contributed by atoms with E-state index in [9.17, 15) is 4.79 Å². The number of hydrogen-bond donors (Lipinski definition) is 2. The van der Waals surface area contributed by atoms with Crippen LogP contribution in [-0.4, -0.2) is 26.1 Å². The highest BCUT2D eigenvalue weighted by Crippen LogP contribution is 2.42. The lowest BCUT2D eigenvalue weighted by Gasteiger charge is -2.37. The van der Waals surface area contributed by atoms with Crippen molar-refractivity contribution in [2.75, 3.05) is 5.32 Å². The number of carbonyl (C=O) groups excluding carboxylic acids is 1. The number of hydrogen-bond acceptors (Lipinski definition) is 4. The molecule has 0 saturated carbocycles. The number of carbonyl (C=O) groups is 1. The minimum Gasteiger partial charge on any atom is -0.474 e. The lowest BCUT2D eigenvalue weighted by molar-refractivity contribution is 0.144. The molecule has 2 N–H and O–H groups in total. The molecule has 244 valence electrons. The molecule has 0 unspecified atom stereocenters. The molecule has 2 aliphatic carbocycles. The van der Waals surface area contributed by atoms with E-state index in [2.05, 4.69) is 25.6 Å². The first-order valence-electron chi connectivity index (χ1n) is 16.9. The van der Waals surface area contributed by atoms with Gasteiger partial charge in [0, 0.05) is 18.7 Å². The van der Waals surface area contributed by atoms with E-state index in [4.69, 9.17) is 4.74 Å². The summed E-state index contributed by atoms with van der Waals surface area (Å²) < 4.78 is 32.1. The van der Waals surface area contributed by atoms with Crippen LogP contribution in [-0.2, 0) is 47.7 Å². The smallest absolute Gasteiger partial charge is 0.354 e. The maximum atomic E-state index is 16.0. The maximum Gasteiger partial charge on any atom is 0.354 e. The van der Waals surface area contributed by atoms with Crippen molar-refractivity contribution in [1.29, 1.82) is 0 Å². The highest BCUT2D eigenvalue weighted by molar-refractivity contribution is 7.92. The van der Waals surface area contributed by atoms with Crippen molar-refractivity contribution >= 4 is 21.6 Å². The number of nitrogens with zero attached hydrogens (tertiary/aromatic N) is 3. The van der Waals surface area contributed by atoms with Gasteiger partial charge in [-0.05, 0) is 84.4 Å². The molecule has 3 aliphatic rings. The van der Waals surface area contributed by atoms with Crippen LogP contribution in [0.1, 0.15) is 65.1 Å². The summed E-state index contributed by atoms with van der Waals surface area (Å²) in [6, 6.07) is 31.4. The Balaban J connectivity index is 1.34. The number of fused-ring (bicyclic) bond motifs is 3. The standard InChI is InChI=1S/C39H39N5O3S/c1-27-23-24-44-37(47-27)35(26-40-44)48(46,42-38(45)41-36-33-21-11-13-28(33)25-29-14-12-22-34(29)36)43-39(30-15-5-2-6-16-30,31-17-7-3-8-18-31)32-19-9-4-10-20-32/h2-10,15-20,25-27H,11-14,21-24H2,1H3,(H2,41,42,43,45,46)/t27-,48-/m1/s1. The molecule has 2 heterocycles. The molecule has 5 aromatic rings. The first-order valence-corrected chi connectivity index (χ1v) is 18.4. The molecule has 0 saturated heterocycles. The van der Waals surface area contributed by atoms with Gasteiger partial charge in [-0.15, -0.1) is 4.36 Å². The zero-order valence-electron chi connectivity index (χ0n) is 27.0. The second-order valence-corrected chi connectivity index (χ2v) is 14.9. The third-order valence-corrected chi connectivity index (χ3v) is 11.8. The topological polar surface area (TPSA) is 97.6 Å². The van der Waals surface area contributed by atoms with Gasteiger partial charge in [-0.1, -0.05) is 97.1 Å². The second-order valence-electron chi connectivity index (χ2n) is 13.0. The van der Waals surface area contributed by atoms with Crippen molar-refractivity contribution in [2.45, 2.75) is 75.0 Å². The number of urea groups is 1. The third kappa shape index (κ3) is 5.31. The molecule has 2 atom stereocenters. The minimum atomic E-state index is -3.78. The van der Waals surface area contributed by atoms with Crippen LogP contribution in [0.2, 0.25) is 0 Å². The molecule has 2 amide bonds. The van der Waals surface area contributed by atoms with Crippen molar-refractivity contribution in [3.8, 4) is 5.88 Å². The Morgan fingerprint density at radius 2 is 1.40 bits per heavy atom. The van der Waals surface area contributed by atoms with E-state index in [-0.39, 0.29) is 11.0 Å². The van der Waals surface area contributed by atoms with Gasteiger partial charge in [0.1, 0.15) is 10.4 Å². The number of anilines is 1. The van der Waals surface area contributed by atoms with Crippen molar-refractivity contribution in [3.63, 3.8) is 0 Å². The summed E-state index contributed by atoms with van der Waals surface area (Å²) in [5, 5.41) is 7.73. The van der Waals surface area contributed by atoms with Crippen LogP contribution >= 0.6 is 0 Å². The van der Waals surface area contributed by atoms with Crippen LogP contribution in [0.25, 0.3) is 0 Å². The van der Waals surface area contributed by atoms with Crippen LogP contribution in [0.5, 0.6) is 5.88 Å². The molecule has 1 aliphatic heterocycles. The Morgan fingerprint density at radius 1 is 0.854 bits per heavy atom. The number of nitrogens with one attached hydrogen (secondary N) is 2. The zero-order valence-corrected chi connectivity index (χ0v) is 27.8. The number of ether oxygens (including phenoxy) is 1. The molecule has 48 heavy (non-hydrogen) atoms. The summed E-state index contributed by atoms with van der Waals surface area (Å²) in [4.78, 5) is 14.5. The van der Waals surface area contributed by atoms with E-state index in [0.29, 0.717) is 12.4 Å². The first kappa shape index (κ1) is 30.6. The number of rotatable bonds is 7. The van der Waals surface area contributed by atoms with Crippen LogP contribution in [0.3, 0.4) is 0 Å². The predicted octanol–water partition coefficient (Wildman–Crippen LogP) is 7.59. The Kier molecular flexibility index (Phi) is 7.89. The SMILES string of the molecule is C[C@@H]1CCn2ncc([S@@](=O)(=NC(=O)Nc3c4c(cc5c3CCC5)CCC4)NC(c3ccccc3)(c3ccccc3)c3ccccc3)c2O1. The summed E-state index contributed by atoms with van der Waals surface area (Å²) in [6.07, 6.45) is 8.16. The van der Waals surface area contributed by atoms with Crippen molar-refractivity contribution in [3.05, 3.63) is 142 Å². The number of aryl methyl sites for hydroxylation is 3. The fraction of sp³-hybridized carbons (Fsp3) is 0.282. The van der Waals surface area contributed by atoms with Gasteiger partial charge >= 0.3 is 6.03 Å². The van der Waals surface area contributed by atoms with Crippen LogP contribution in [0.4, 0.5) is 10.5 Å². The van der Waals surface area contributed by atoms with Crippen molar-refractivity contribution < 1.29 is 13.7 Å². The van der Waals surface area contributed by atoms with Crippen LogP contribution in [0.15, 0.2) is 113 Å². The molecule has 0 bridgehead atoms. The van der Waals surface area contributed by atoms with Gasteiger partial charge in [0.15, 0.2) is 9.92 Å². The normalized spacial score (nSPS) is 17.8. The minimum absolute atomic E-state index is 0.109. The van der Waals surface area contributed by atoms with Crippen molar-refractivity contribution in [2.24, 2.45) is 4.36 Å². The summed E-state index contributed by atoms with van der Waals surface area (Å²) in [7, 11) is -3.78. The molecule has 0 radical (unpaired) electrons. The highest BCUT2D eigenvalue weighted by atomic mass is 32.2. The third-order valence-electron chi connectivity index (χ3n) is 9.95. The van der Waals surface area contributed by atoms with Gasteiger partial charge in [0.05, 0.1) is 12.3 Å². The fourth-order valence-electron chi connectivity index (χ4n) is 7.67. The van der Waals surface area contributed by atoms with Gasteiger partial charge in [-0.2, -0.15) is 5.10 Å². The largest absolute Gasteiger partial charge is 0.474 e. The number of amides is 2. The quantitative estimate of drug-likeness (QED) is 0.176.